The van der Waals surface area contributed by atoms with Crippen molar-refractivity contribution in [2.45, 2.75) is 18.7 Å². The predicted molar refractivity (Wildman–Crippen MR) is 112 cm³/mol. The van der Waals surface area contributed by atoms with Crippen LogP contribution in [0.15, 0.2) is 71.8 Å². The number of nitrogens with zero attached hydrogens (tertiary/aromatic N) is 2. The minimum atomic E-state index is -3.84. The number of halogens is 1. The molecule has 0 saturated carbocycles. The van der Waals surface area contributed by atoms with Crippen molar-refractivity contribution in [3.05, 3.63) is 89.6 Å². The number of nitrogens with one attached hydrogen (secondary N) is 2. The van der Waals surface area contributed by atoms with E-state index in [2.05, 4.69) is 20.0 Å². The summed E-state index contributed by atoms with van der Waals surface area (Å²) in [4.78, 5) is 20.2. The molecule has 0 radical (unpaired) electrons. The van der Waals surface area contributed by atoms with Gasteiger partial charge < -0.3 is 5.32 Å². The average molecular weight is 426 g/mol. The van der Waals surface area contributed by atoms with E-state index >= 15 is 0 Å². The third-order valence-corrected chi connectivity index (χ3v) is 5.33. The van der Waals surface area contributed by atoms with Gasteiger partial charge in [0.05, 0.1) is 4.90 Å². The fourth-order valence-corrected chi connectivity index (χ4v) is 3.55. The lowest BCUT2D eigenvalue weighted by atomic mass is 10.1. The topological polar surface area (TPSA) is 101 Å². The highest BCUT2D eigenvalue weighted by molar-refractivity contribution is 7.92. The molecule has 0 unspecified atom stereocenters. The van der Waals surface area contributed by atoms with Crippen molar-refractivity contribution in [2.24, 2.45) is 0 Å². The molecular formula is C21H19FN4O3S. The van der Waals surface area contributed by atoms with E-state index in [1.807, 2.05) is 0 Å². The number of ketones is 1. The Labute approximate surface area is 173 Å². The lowest BCUT2D eigenvalue weighted by Gasteiger charge is -2.08. The van der Waals surface area contributed by atoms with E-state index in [0.29, 0.717) is 22.6 Å². The molecule has 7 nitrogen and oxygen atoms in total. The molecule has 0 aliphatic heterocycles. The number of benzene rings is 2. The molecule has 1 heterocycles. The van der Waals surface area contributed by atoms with E-state index in [0.717, 1.165) is 0 Å². The van der Waals surface area contributed by atoms with Crippen molar-refractivity contribution in [3.8, 4) is 0 Å². The van der Waals surface area contributed by atoms with Crippen LogP contribution >= 0.6 is 0 Å². The van der Waals surface area contributed by atoms with E-state index in [9.17, 15) is 17.6 Å². The zero-order valence-electron chi connectivity index (χ0n) is 16.3. The third-order valence-electron chi connectivity index (χ3n) is 3.99. The summed E-state index contributed by atoms with van der Waals surface area (Å²) in [6, 6.07) is 12.9. The van der Waals surface area contributed by atoms with Crippen LogP contribution in [-0.4, -0.2) is 24.2 Å². The molecule has 0 aliphatic rings. The summed E-state index contributed by atoms with van der Waals surface area (Å²) in [6.45, 7) is 3.50. The summed E-state index contributed by atoms with van der Waals surface area (Å²) < 4.78 is 40.3. The van der Waals surface area contributed by atoms with Gasteiger partial charge in [-0.15, -0.1) is 0 Å². The first kappa shape index (κ1) is 21.1. The van der Waals surface area contributed by atoms with Crippen LogP contribution in [0.4, 0.5) is 16.0 Å². The highest BCUT2D eigenvalue weighted by Gasteiger charge is 2.16. The Morgan fingerprint density at radius 1 is 0.967 bits per heavy atom. The molecule has 30 heavy (non-hydrogen) atoms. The minimum Gasteiger partial charge on any atom is -0.362 e. The Morgan fingerprint density at radius 2 is 1.57 bits per heavy atom. The SMILES string of the molecule is Cc1cc(C)nc(NS(=O)(=O)c2ccc(N/C=C/C(=O)c3ccc(F)cc3)cc2)n1. The highest BCUT2D eigenvalue weighted by atomic mass is 32.2. The number of allylic oxidation sites excluding steroid dienone is 1. The van der Waals surface area contributed by atoms with Crippen LogP contribution in [0.25, 0.3) is 0 Å². The summed E-state index contributed by atoms with van der Waals surface area (Å²) in [5, 5.41) is 2.88. The molecule has 154 valence electrons. The molecule has 2 N–H and O–H groups in total. The van der Waals surface area contributed by atoms with E-state index in [1.54, 1.807) is 32.0 Å². The van der Waals surface area contributed by atoms with E-state index in [1.165, 1.54) is 48.7 Å². The smallest absolute Gasteiger partial charge is 0.264 e. The normalized spacial score (nSPS) is 11.4. The summed E-state index contributed by atoms with van der Waals surface area (Å²) >= 11 is 0. The fourth-order valence-electron chi connectivity index (χ4n) is 2.60. The lowest BCUT2D eigenvalue weighted by molar-refractivity contribution is 0.104. The second-order valence-corrected chi connectivity index (χ2v) is 8.14. The Kier molecular flexibility index (Phi) is 6.22. The molecular weight excluding hydrogens is 407 g/mol. The Morgan fingerprint density at radius 3 is 2.17 bits per heavy atom. The first-order valence-electron chi connectivity index (χ1n) is 8.91. The molecule has 9 heteroatoms. The molecule has 3 aromatic rings. The van der Waals surface area contributed by atoms with Gasteiger partial charge in [-0.05, 0) is 68.4 Å². The molecule has 1 aromatic heterocycles. The standard InChI is InChI=1S/C21H19FN4O3S/c1-14-13-15(2)25-21(24-14)26-30(28,29)19-9-7-18(8-10-19)23-12-11-20(27)16-3-5-17(22)6-4-16/h3-13,23H,1-2H3,(H,24,25,26)/b12-11+. The van der Waals surface area contributed by atoms with Gasteiger partial charge in [0.25, 0.3) is 10.0 Å². The van der Waals surface area contributed by atoms with Crippen LogP contribution in [0.5, 0.6) is 0 Å². The molecule has 0 amide bonds. The number of hydrogen-bond acceptors (Lipinski definition) is 6. The number of hydrogen-bond donors (Lipinski definition) is 2. The zero-order valence-corrected chi connectivity index (χ0v) is 17.1. The number of aromatic nitrogens is 2. The van der Waals surface area contributed by atoms with Crippen LogP contribution in [0.1, 0.15) is 21.7 Å². The summed E-state index contributed by atoms with van der Waals surface area (Å²) in [6.07, 6.45) is 2.73. The van der Waals surface area contributed by atoms with Crippen molar-refractivity contribution >= 4 is 27.4 Å². The van der Waals surface area contributed by atoms with E-state index < -0.39 is 15.8 Å². The second-order valence-electron chi connectivity index (χ2n) is 6.45. The molecule has 0 bridgehead atoms. The number of sulfonamides is 1. The van der Waals surface area contributed by atoms with Gasteiger partial charge in [-0.3, -0.25) is 4.79 Å². The van der Waals surface area contributed by atoms with Gasteiger partial charge in [-0.1, -0.05) is 0 Å². The summed E-state index contributed by atoms with van der Waals surface area (Å²) in [7, 11) is -3.84. The van der Waals surface area contributed by atoms with Gasteiger partial charge >= 0.3 is 0 Å². The Hall–Kier alpha value is -3.59. The van der Waals surface area contributed by atoms with Gasteiger partial charge in [-0.25, -0.2) is 27.5 Å². The fraction of sp³-hybridized carbons (Fsp3) is 0.0952. The number of carbonyl (C=O) groups excluding carboxylic acids is 1. The molecule has 3 rings (SSSR count). The van der Waals surface area contributed by atoms with Crippen LogP contribution < -0.4 is 10.0 Å². The number of aryl methyl sites for hydroxylation is 2. The third kappa shape index (κ3) is 5.48. The molecule has 2 aromatic carbocycles. The van der Waals surface area contributed by atoms with Crippen molar-refractivity contribution < 1.29 is 17.6 Å². The zero-order chi connectivity index (χ0) is 21.7. The molecule has 0 aliphatic carbocycles. The highest BCUT2D eigenvalue weighted by Crippen LogP contribution is 2.17. The molecule has 0 saturated heterocycles. The van der Waals surface area contributed by atoms with Crippen LogP contribution in [0.3, 0.4) is 0 Å². The first-order chi connectivity index (χ1) is 14.2. The van der Waals surface area contributed by atoms with Crippen molar-refractivity contribution in [3.63, 3.8) is 0 Å². The predicted octanol–water partition coefficient (Wildman–Crippen LogP) is 3.84. The lowest BCUT2D eigenvalue weighted by Crippen LogP contribution is -2.15. The van der Waals surface area contributed by atoms with Crippen molar-refractivity contribution in [1.29, 1.82) is 0 Å². The minimum absolute atomic E-state index is 0.0111. The second kappa shape index (κ2) is 8.83. The van der Waals surface area contributed by atoms with Crippen molar-refractivity contribution in [2.75, 3.05) is 10.0 Å². The summed E-state index contributed by atoms with van der Waals surface area (Å²) in [5.74, 6) is -0.696. The number of carbonyl (C=O) groups is 1. The Bertz CT molecular complexity index is 1170. The molecule has 0 atom stereocenters. The van der Waals surface area contributed by atoms with Gasteiger partial charge in [0, 0.05) is 34.9 Å². The van der Waals surface area contributed by atoms with Gasteiger partial charge in [0.2, 0.25) is 5.95 Å². The average Bonchev–Trinajstić information content (AvgIpc) is 2.67. The summed E-state index contributed by atoms with van der Waals surface area (Å²) in [5.41, 5.74) is 2.25. The number of rotatable bonds is 7. The van der Waals surface area contributed by atoms with Crippen LogP contribution in [0, 0.1) is 19.7 Å². The van der Waals surface area contributed by atoms with Crippen LogP contribution in [-0.2, 0) is 10.0 Å². The monoisotopic (exact) mass is 426 g/mol. The maximum Gasteiger partial charge on any atom is 0.264 e. The van der Waals surface area contributed by atoms with Gasteiger partial charge in [-0.2, -0.15) is 0 Å². The Balaban J connectivity index is 1.65. The first-order valence-corrected chi connectivity index (χ1v) is 10.4. The maximum absolute atomic E-state index is 12.9. The largest absolute Gasteiger partial charge is 0.362 e. The maximum atomic E-state index is 12.9. The molecule has 0 spiro atoms. The molecule has 0 fully saturated rings. The van der Waals surface area contributed by atoms with E-state index in [-0.39, 0.29) is 16.6 Å². The van der Waals surface area contributed by atoms with Crippen LogP contribution in [0.2, 0.25) is 0 Å². The van der Waals surface area contributed by atoms with Gasteiger partial charge in [0.15, 0.2) is 5.78 Å². The quantitative estimate of drug-likeness (QED) is 0.440. The number of anilines is 2. The van der Waals surface area contributed by atoms with Crippen molar-refractivity contribution in [1.82, 2.24) is 9.97 Å². The van der Waals surface area contributed by atoms with Gasteiger partial charge in [0.1, 0.15) is 5.82 Å². The van der Waals surface area contributed by atoms with E-state index in [4.69, 9.17) is 0 Å².